The number of rotatable bonds is 50. The second-order valence-electron chi connectivity index (χ2n) is 19.1. The summed E-state index contributed by atoms with van der Waals surface area (Å²) in [5.41, 5.74) is 0. The van der Waals surface area contributed by atoms with E-state index >= 15 is 0 Å². The molecule has 0 aliphatic rings. The van der Waals surface area contributed by atoms with Crippen LogP contribution in [0.25, 0.3) is 0 Å². The minimum atomic E-state index is -0.799. The van der Waals surface area contributed by atoms with Crippen LogP contribution in [0.5, 0.6) is 0 Å². The van der Waals surface area contributed by atoms with E-state index in [1.165, 1.54) is 122 Å². The molecule has 0 spiro atoms. The maximum absolute atomic E-state index is 13.3. The molecule has 0 rings (SSSR count). The average Bonchev–Trinajstić information content (AvgIpc) is 3.32. The molecule has 3 unspecified atom stereocenters. The largest absolute Gasteiger partial charge is 0.462 e. The molecule has 0 heterocycles. The predicted molar refractivity (Wildman–Crippen MR) is 291 cm³/mol. The summed E-state index contributed by atoms with van der Waals surface area (Å²) in [6.07, 6.45) is 70.6. The first-order chi connectivity index (χ1) is 33.0. The number of nitrogens with one attached hydrogen (secondary N) is 1. The van der Waals surface area contributed by atoms with Crippen LogP contribution in [0.2, 0.25) is 0 Å². The third-order valence-corrected chi connectivity index (χ3v) is 12.6. The van der Waals surface area contributed by atoms with E-state index in [9.17, 15) is 19.8 Å². The number of aliphatic hydroxyl groups is 2. The summed E-state index contributed by atoms with van der Waals surface area (Å²) < 4.78 is 5.95. The Bertz CT molecular complexity index is 1280. The predicted octanol–water partition coefficient (Wildman–Crippen LogP) is 17.5. The number of carbonyl (C=O) groups excluding carboxylic acids is 2. The van der Waals surface area contributed by atoms with Gasteiger partial charge in [0.1, 0.15) is 6.10 Å². The fourth-order valence-corrected chi connectivity index (χ4v) is 8.26. The van der Waals surface area contributed by atoms with Crippen LogP contribution in [0.15, 0.2) is 85.1 Å². The Morgan fingerprint density at radius 3 is 1.36 bits per heavy atom. The first kappa shape index (κ1) is 64.0. The standard InChI is InChI=1S/C61H107NO5/c1-4-7-10-13-16-19-22-25-27-29-31-33-36-39-42-45-48-51-54-61(66)67-57(52-49-46-43-40-37-35-32-30-28-26-23-20-17-14-11-8-5-2)55-60(65)62-58(56-63)59(64)53-50-47-44-41-38-34-24-21-18-15-12-9-6-3/h10,13,16-17,19-20,22,25-29,31,33,57-59,63-64H,4-9,11-12,14-15,18,21,23-24,30,32,34-56H2,1-3H3,(H,62,65)/b13-10+,19-16+,20-17-,25-22+,28-26-,29-27+,33-31+. The van der Waals surface area contributed by atoms with Crippen LogP contribution in [-0.4, -0.2) is 46.9 Å². The fourth-order valence-electron chi connectivity index (χ4n) is 8.26. The quantitative estimate of drug-likeness (QED) is 0.0244. The second-order valence-corrected chi connectivity index (χ2v) is 19.1. The Morgan fingerprint density at radius 1 is 0.448 bits per heavy atom. The van der Waals surface area contributed by atoms with Gasteiger partial charge in [-0.2, -0.15) is 0 Å². The number of unbranched alkanes of at least 4 members (excludes halogenated alkanes) is 28. The molecule has 0 aromatic rings. The van der Waals surface area contributed by atoms with Gasteiger partial charge >= 0.3 is 5.97 Å². The van der Waals surface area contributed by atoms with Gasteiger partial charge in [0.15, 0.2) is 0 Å². The fraction of sp³-hybridized carbons (Fsp3) is 0.738. The van der Waals surface area contributed by atoms with Crippen LogP contribution in [0.1, 0.15) is 265 Å². The van der Waals surface area contributed by atoms with Gasteiger partial charge in [0, 0.05) is 6.42 Å². The first-order valence-electron chi connectivity index (χ1n) is 28.4. The molecule has 6 heteroatoms. The molecule has 0 radical (unpaired) electrons. The Balaban J connectivity index is 4.66. The van der Waals surface area contributed by atoms with Crippen molar-refractivity contribution in [3.63, 3.8) is 0 Å². The molecule has 0 saturated carbocycles. The summed E-state index contributed by atoms with van der Waals surface area (Å²) in [6.45, 7) is 6.38. The van der Waals surface area contributed by atoms with Gasteiger partial charge < -0.3 is 20.3 Å². The molecule has 6 nitrogen and oxygen atoms in total. The Labute approximate surface area is 414 Å². The normalized spacial score (nSPS) is 13.8. The van der Waals surface area contributed by atoms with Crippen molar-refractivity contribution in [2.45, 2.75) is 283 Å². The smallest absolute Gasteiger partial charge is 0.306 e. The zero-order chi connectivity index (χ0) is 48.8. The molecule has 67 heavy (non-hydrogen) atoms. The van der Waals surface area contributed by atoms with E-state index in [1.54, 1.807) is 0 Å². The molecule has 3 N–H and O–H groups in total. The maximum atomic E-state index is 13.3. The van der Waals surface area contributed by atoms with Gasteiger partial charge in [-0.15, -0.1) is 0 Å². The Morgan fingerprint density at radius 2 is 0.851 bits per heavy atom. The summed E-state index contributed by atoms with van der Waals surface area (Å²) >= 11 is 0. The highest BCUT2D eigenvalue weighted by molar-refractivity contribution is 5.77. The van der Waals surface area contributed by atoms with Crippen LogP contribution in [0, 0.1) is 0 Å². The number of ether oxygens (including phenoxy) is 1. The summed E-state index contributed by atoms with van der Waals surface area (Å²) in [5.74, 6) is -0.509. The summed E-state index contributed by atoms with van der Waals surface area (Å²) in [5, 5.41) is 23.9. The third kappa shape index (κ3) is 49.3. The summed E-state index contributed by atoms with van der Waals surface area (Å²) in [6, 6.07) is -0.714. The SMILES string of the molecule is CCC/C=C/C=C/C=C/C=C/C=C/CCCCCCCC(=O)OC(CCCCCCCCC/C=C\C/C=C\CCCCC)CC(=O)NC(CO)C(O)CCCCCCCCCCCCCCC. The molecule has 0 bridgehead atoms. The van der Waals surface area contributed by atoms with Crippen molar-refractivity contribution in [3.05, 3.63) is 85.1 Å². The molecule has 386 valence electrons. The van der Waals surface area contributed by atoms with E-state index in [-0.39, 0.29) is 24.9 Å². The van der Waals surface area contributed by atoms with E-state index in [2.05, 4.69) is 86.8 Å². The van der Waals surface area contributed by atoms with Gasteiger partial charge in [-0.3, -0.25) is 9.59 Å². The molecule has 1 amide bonds. The number of amides is 1. The average molecular weight is 935 g/mol. The van der Waals surface area contributed by atoms with E-state index in [0.29, 0.717) is 19.3 Å². The van der Waals surface area contributed by atoms with Crippen molar-refractivity contribution < 1.29 is 24.5 Å². The van der Waals surface area contributed by atoms with Gasteiger partial charge in [0.05, 0.1) is 25.2 Å². The number of hydrogen-bond acceptors (Lipinski definition) is 5. The van der Waals surface area contributed by atoms with Crippen molar-refractivity contribution in [2.24, 2.45) is 0 Å². The van der Waals surface area contributed by atoms with E-state index in [0.717, 1.165) is 96.3 Å². The molecule has 3 atom stereocenters. The Hall–Kier alpha value is -2.96. The van der Waals surface area contributed by atoms with Gasteiger partial charge in [0.2, 0.25) is 5.91 Å². The zero-order valence-corrected chi connectivity index (χ0v) is 44.0. The highest BCUT2D eigenvalue weighted by Crippen LogP contribution is 2.18. The lowest BCUT2D eigenvalue weighted by Crippen LogP contribution is -2.46. The lowest BCUT2D eigenvalue weighted by atomic mass is 10.0. The van der Waals surface area contributed by atoms with Crippen molar-refractivity contribution in [3.8, 4) is 0 Å². The Kier molecular flexibility index (Phi) is 51.6. The van der Waals surface area contributed by atoms with Crippen molar-refractivity contribution >= 4 is 11.9 Å². The highest BCUT2D eigenvalue weighted by Gasteiger charge is 2.24. The molecule has 0 aliphatic carbocycles. The minimum absolute atomic E-state index is 0.0582. The van der Waals surface area contributed by atoms with Crippen molar-refractivity contribution in [2.75, 3.05) is 6.61 Å². The minimum Gasteiger partial charge on any atom is -0.462 e. The van der Waals surface area contributed by atoms with Crippen LogP contribution in [-0.2, 0) is 14.3 Å². The molecular formula is C61H107NO5. The molecular weight excluding hydrogens is 827 g/mol. The second kappa shape index (κ2) is 54.0. The number of hydrogen-bond donors (Lipinski definition) is 3. The lowest BCUT2D eigenvalue weighted by Gasteiger charge is -2.24. The van der Waals surface area contributed by atoms with Crippen LogP contribution < -0.4 is 5.32 Å². The van der Waals surface area contributed by atoms with E-state index < -0.39 is 18.2 Å². The topological polar surface area (TPSA) is 95.9 Å². The summed E-state index contributed by atoms with van der Waals surface area (Å²) in [7, 11) is 0. The molecule has 0 saturated heterocycles. The first-order valence-corrected chi connectivity index (χ1v) is 28.4. The number of esters is 1. The molecule has 0 aliphatic heterocycles. The molecule has 0 aromatic carbocycles. The lowest BCUT2D eigenvalue weighted by molar-refractivity contribution is -0.151. The number of carbonyl (C=O) groups is 2. The van der Waals surface area contributed by atoms with E-state index in [4.69, 9.17) is 4.74 Å². The van der Waals surface area contributed by atoms with Crippen LogP contribution >= 0.6 is 0 Å². The van der Waals surface area contributed by atoms with Gasteiger partial charge in [-0.1, -0.05) is 260 Å². The van der Waals surface area contributed by atoms with Crippen molar-refractivity contribution in [1.29, 1.82) is 0 Å². The maximum Gasteiger partial charge on any atom is 0.306 e. The monoisotopic (exact) mass is 934 g/mol. The van der Waals surface area contributed by atoms with E-state index in [1.807, 2.05) is 24.3 Å². The van der Waals surface area contributed by atoms with Gasteiger partial charge in [-0.05, 0) is 77.0 Å². The number of aliphatic hydroxyl groups excluding tert-OH is 2. The zero-order valence-electron chi connectivity index (χ0n) is 44.0. The third-order valence-electron chi connectivity index (χ3n) is 12.6. The van der Waals surface area contributed by atoms with Gasteiger partial charge in [0.25, 0.3) is 0 Å². The molecule has 0 aromatic heterocycles. The van der Waals surface area contributed by atoms with Crippen molar-refractivity contribution in [1.82, 2.24) is 5.32 Å². The van der Waals surface area contributed by atoms with Crippen LogP contribution in [0.4, 0.5) is 0 Å². The van der Waals surface area contributed by atoms with Gasteiger partial charge in [-0.25, -0.2) is 0 Å². The highest BCUT2D eigenvalue weighted by atomic mass is 16.5. The molecule has 0 fully saturated rings. The summed E-state index contributed by atoms with van der Waals surface area (Å²) in [4.78, 5) is 26.3. The van der Waals surface area contributed by atoms with Crippen LogP contribution in [0.3, 0.4) is 0 Å². The number of allylic oxidation sites excluding steroid dienone is 14.